The predicted molar refractivity (Wildman–Crippen MR) is 43.0 cm³/mol. The van der Waals surface area contributed by atoms with Crippen molar-refractivity contribution >= 4 is 0 Å². The average molecular weight is 169 g/mol. The quantitative estimate of drug-likeness (QED) is 0.708. The van der Waals surface area contributed by atoms with Gasteiger partial charge >= 0.3 is 0 Å². The Morgan fingerprint density at radius 2 is 2.08 bits per heavy atom. The molecule has 1 radical (unpaired) electrons. The van der Waals surface area contributed by atoms with Gasteiger partial charge in [0, 0.05) is 6.07 Å². The topological polar surface area (TPSA) is 40.5 Å². The Balaban J connectivity index is 3.00. The molecule has 1 atom stereocenters. The third kappa shape index (κ3) is 1.95. The van der Waals surface area contributed by atoms with Crippen LogP contribution in [0.4, 0.5) is 4.39 Å². The summed E-state index contributed by atoms with van der Waals surface area (Å²) in [5, 5.41) is 18.2. The minimum Gasteiger partial charge on any atom is -0.508 e. The van der Waals surface area contributed by atoms with Gasteiger partial charge < -0.3 is 10.2 Å². The van der Waals surface area contributed by atoms with E-state index in [1.807, 2.05) is 0 Å². The summed E-state index contributed by atoms with van der Waals surface area (Å²) < 4.78 is 12.6. The molecule has 3 heteroatoms. The normalized spacial score (nSPS) is 12.9. The summed E-state index contributed by atoms with van der Waals surface area (Å²) in [6.07, 6.45) is -0.560. The van der Waals surface area contributed by atoms with E-state index in [2.05, 4.69) is 6.92 Å². The molecule has 0 saturated carbocycles. The summed E-state index contributed by atoms with van der Waals surface area (Å²) in [7, 11) is 0. The Labute approximate surface area is 70.3 Å². The summed E-state index contributed by atoms with van der Waals surface area (Å²) in [5.74, 6) is -0.741. The van der Waals surface area contributed by atoms with E-state index >= 15 is 0 Å². The maximum Gasteiger partial charge on any atom is 0.127 e. The van der Waals surface area contributed by atoms with Crippen LogP contribution in [0, 0.1) is 12.7 Å². The van der Waals surface area contributed by atoms with Gasteiger partial charge in [-0.15, -0.1) is 0 Å². The molecule has 1 aromatic rings. The Hall–Kier alpha value is -1.09. The standard InChI is InChI=1S/C9H10FO2/c1-2-9(12)6-3-7(10)5-8(11)4-6/h3-5,9,11-12H,1-2H2. The van der Waals surface area contributed by atoms with E-state index in [9.17, 15) is 9.50 Å². The van der Waals surface area contributed by atoms with Crippen molar-refractivity contribution in [1.29, 1.82) is 0 Å². The van der Waals surface area contributed by atoms with Crippen LogP contribution in [0.1, 0.15) is 18.1 Å². The van der Waals surface area contributed by atoms with Gasteiger partial charge in [0.2, 0.25) is 0 Å². The van der Waals surface area contributed by atoms with Crippen LogP contribution in [0.5, 0.6) is 5.75 Å². The summed E-state index contributed by atoms with van der Waals surface area (Å²) in [6.45, 7) is 3.47. The van der Waals surface area contributed by atoms with Gasteiger partial charge in [0.1, 0.15) is 11.6 Å². The molecule has 12 heavy (non-hydrogen) atoms. The van der Waals surface area contributed by atoms with Gasteiger partial charge in [0.25, 0.3) is 0 Å². The highest BCUT2D eigenvalue weighted by Gasteiger charge is 2.07. The molecule has 0 aliphatic carbocycles. The molecule has 0 saturated heterocycles. The third-order valence-corrected chi connectivity index (χ3v) is 1.56. The highest BCUT2D eigenvalue weighted by Crippen LogP contribution is 2.21. The first-order valence-electron chi connectivity index (χ1n) is 3.60. The number of hydrogen-bond donors (Lipinski definition) is 2. The smallest absolute Gasteiger partial charge is 0.127 e. The lowest BCUT2D eigenvalue weighted by Gasteiger charge is -2.07. The zero-order valence-electron chi connectivity index (χ0n) is 6.50. The molecule has 1 unspecified atom stereocenters. The summed E-state index contributed by atoms with van der Waals surface area (Å²) in [6, 6.07) is 3.48. The van der Waals surface area contributed by atoms with Crippen molar-refractivity contribution in [1.82, 2.24) is 0 Å². The van der Waals surface area contributed by atoms with Crippen LogP contribution in [0.3, 0.4) is 0 Å². The minimum atomic E-state index is -0.813. The highest BCUT2D eigenvalue weighted by molar-refractivity contribution is 5.29. The Bertz CT molecular complexity index is 253. The zero-order chi connectivity index (χ0) is 9.14. The second-order valence-electron chi connectivity index (χ2n) is 2.55. The molecule has 2 nitrogen and oxygen atoms in total. The van der Waals surface area contributed by atoms with E-state index in [4.69, 9.17) is 5.11 Å². The second-order valence-corrected chi connectivity index (χ2v) is 2.55. The van der Waals surface area contributed by atoms with Crippen molar-refractivity contribution < 1.29 is 14.6 Å². The number of phenols is 1. The van der Waals surface area contributed by atoms with Crippen LogP contribution in [-0.2, 0) is 0 Å². The van der Waals surface area contributed by atoms with Crippen LogP contribution in [0.2, 0.25) is 0 Å². The third-order valence-electron chi connectivity index (χ3n) is 1.56. The predicted octanol–water partition coefficient (Wildman–Crippen LogP) is 1.79. The first kappa shape index (κ1) is 9.00. The van der Waals surface area contributed by atoms with E-state index in [1.54, 1.807) is 0 Å². The Kier molecular flexibility index (Phi) is 2.65. The lowest BCUT2D eigenvalue weighted by Crippen LogP contribution is -1.95. The van der Waals surface area contributed by atoms with Gasteiger partial charge in [-0.05, 0) is 24.1 Å². The van der Waals surface area contributed by atoms with Crippen LogP contribution < -0.4 is 0 Å². The van der Waals surface area contributed by atoms with Crippen molar-refractivity contribution in [3.63, 3.8) is 0 Å². The van der Waals surface area contributed by atoms with Crippen LogP contribution >= 0.6 is 0 Å². The van der Waals surface area contributed by atoms with E-state index in [0.29, 0.717) is 5.56 Å². The molecule has 1 rings (SSSR count). The van der Waals surface area contributed by atoms with Crippen molar-refractivity contribution in [3.05, 3.63) is 36.5 Å². The van der Waals surface area contributed by atoms with Crippen LogP contribution in [0.15, 0.2) is 18.2 Å². The van der Waals surface area contributed by atoms with Gasteiger partial charge in [-0.2, -0.15) is 0 Å². The molecular formula is C9H10FO2. The number of rotatable bonds is 2. The first-order chi connectivity index (χ1) is 5.63. The Morgan fingerprint density at radius 3 is 2.58 bits per heavy atom. The maximum absolute atomic E-state index is 12.6. The van der Waals surface area contributed by atoms with Crippen molar-refractivity contribution in [2.75, 3.05) is 0 Å². The van der Waals surface area contributed by atoms with Gasteiger partial charge in [-0.1, -0.05) is 6.92 Å². The highest BCUT2D eigenvalue weighted by atomic mass is 19.1. The molecule has 0 heterocycles. The molecule has 0 amide bonds. The van der Waals surface area contributed by atoms with E-state index in [-0.39, 0.29) is 12.2 Å². The average Bonchev–Trinajstić information content (AvgIpc) is 2.01. The first-order valence-corrected chi connectivity index (χ1v) is 3.60. The van der Waals surface area contributed by atoms with Gasteiger partial charge in [0.15, 0.2) is 0 Å². The van der Waals surface area contributed by atoms with E-state index < -0.39 is 11.9 Å². The number of aromatic hydroxyl groups is 1. The monoisotopic (exact) mass is 169 g/mol. The minimum absolute atomic E-state index is 0.183. The second kappa shape index (κ2) is 3.54. The molecule has 0 aromatic heterocycles. The Morgan fingerprint density at radius 1 is 1.42 bits per heavy atom. The number of phenolic OH excluding ortho intramolecular Hbond substituents is 1. The molecule has 2 N–H and O–H groups in total. The summed E-state index contributed by atoms with van der Waals surface area (Å²) in [5.41, 5.74) is 0.350. The number of halogens is 1. The van der Waals surface area contributed by atoms with Gasteiger partial charge in [0.05, 0.1) is 6.10 Å². The maximum atomic E-state index is 12.6. The lowest BCUT2D eigenvalue weighted by molar-refractivity contribution is 0.180. The van der Waals surface area contributed by atoms with E-state index in [0.717, 1.165) is 6.07 Å². The fraction of sp³-hybridized carbons (Fsp3) is 0.222. The number of aliphatic hydroxyl groups is 1. The summed E-state index contributed by atoms with van der Waals surface area (Å²) >= 11 is 0. The molecular weight excluding hydrogens is 159 g/mol. The number of benzene rings is 1. The van der Waals surface area contributed by atoms with Crippen LogP contribution in [0.25, 0.3) is 0 Å². The zero-order valence-corrected chi connectivity index (χ0v) is 6.50. The molecule has 0 spiro atoms. The van der Waals surface area contributed by atoms with Crippen LogP contribution in [-0.4, -0.2) is 10.2 Å². The van der Waals surface area contributed by atoms with Crippen molar-refractivity contribution in [3.8, 4) is 5.75 Å². The number of aliphatic hydroxyl groups excluding tert-OH is 1. The van der Waals surface area contributed by atoms with Crippen molar-refractivity contribution in [2.24, 2.45) is 0 Å². The van der Waals surface area contributed by atoms with Gasteiger partial charge in [-0.25, -0.2) is 4.39 Å². The molecule has 0 aliphatic rings. The largest absolute Gasteiger partial charge is 0.508 e. The molecule has 0 bridgehead atoms. The lowest BCUT2D eigenvalue weighted by atomic mass is 10.1. The molecule has 1 aromatic carbocycles. The molecule has 65 valence electrons. The summed E-state index contributed by atoms with van der Waals surface area (Å²) in [4.78, 5) is 0. The SMILES string of the molecule is [CH2]CC(O)c1cc(O)cc(F)c1. The fourth-order valence-corrected chi connectivity index (χ4v) is 0.955. The van der Waals surface area contributed by atoms with Gasteiger partial charge in [-0.3, -0.25) is 0 Å². The van der Waals surface area contributed by atoms with E-state index in [1.165, 1.54) is 12.1 Å². The fourth-order valence-electron chi connectivity index (χ4n) is 0.955. The van der Waals surface area contributed by atoms with Crippen molar-refractivity contribution in [2.45, 2.75) is 12.5 Å². The molecule has 0 aliphatic heterocycles. The molecule has 0 fully saturated rings. The number of hydrogen-bond acceptors (Lipinski definition) is 2.